The number of anilines is 2. The van der Waals surface area contributed by atoms with Gasteiger partial charge < -0.3 is 11.5 Å². The first-order chi connectivity index (χ1) is 7.59. The molecule has 0 unspecified atom stereocenters. The molecule has 7 heteroatoms. The molecule has 0 bridgehead atoms. The third-order valence-corrected chi connectivity index (χ3v) is 2.86. The number of nitrogens with zero attached hydrogens (tertiary/aromatic N) is 3. The number of hydrogen-bond acceptors (Lipinski definition) is 6. The normalized spacial score (nSPS) is 16.5. The Kier molecular flexibility index (Phi) is 2.59. The van der Waals surface area contributed by atoms with Crippen LogP contribution < -0.4 is 11.5 Å². The maximum atomic E-state index is 10.6. The summed E-state index contributed by atoms with van der Waals surface area (Å²) in [4.78, 5) is 18.0. The van der Waals surface area contributed by atoms with Gasteiger partial charge in [-0.3, -0.25) is 10.1 Å². The number of rotatable bonds is 2. The molecule has 1 aliphatic carbocycles. The van der Waals surface area contributed by atoms with Crippen LogP contribution in [0, 0.1) is 10.1 Å². The van der Waals surface area contributed by atoms with Crippen molar-refractivity contribution in [3.8, 4) is 0 Å². The lowest BCUT2D eigenvalue weighted by Crippen LogP contribution is -2.10. The Balaban J connectivity index is 2.40. The summed E-state index contributed by atoms with van der Waals surface area (Å²) in [6.45, 7) is 0. The van der Waals surface area contributed by atoms with Crippen LogP contribution in [-0.2, 0) is 0 Å². The van der Waals surface area contributed by atoms with E-state index in [2.05, 4.69) is 9.97 Å². The monoisotopic (exact) mass is 223 g/mol. The van der Waals surface area contributed by atoms with Crippen molar-refractivity contribution in [3.63, 3.8) is 0 Å². The number of nitro groups is 1. The predicted octanol–water partition coefficient (Wildman–Crippen LogP) is 1.21. The Morgan fingerprint density at radius 2 is 1.69 bits per heavy atom. The van der Waals surface area contributed by atoms with Gasteiger partial charge in [-0.05, 0) is 12.8 Å². The van der Waals surface area contributed by atoms with E-state index in [-0.39, 0.29) is 23.2 Å². The summed E-state index contributed by atoms with van der Waals surface area (Å²) in [6.07, 6.45) is 4.25. The van der Waals surface area contributed by atoms with Crippen LogP contribution in [0.3, 0.4) is 0 Å². The van der Waals surface area contributed by atoms with E-state index >= 15 is 0 Å². The van der Waals surface area contributed by atoms with Gasteiger partial charge >= 0.3 is 5.69 Å². The second kappa shape index (κ2) is 3.92. The number of nitrogen functional groups attached to an aromatic ring is 2. The molecule has 2 rings (SSSR count). The third-order valence-electron chi connectivity index (χ3n) is 2.86. The molecule has 0 aliphatic heterocycles. The molecule has 16 heavy (non-hydrogen) atoms. The van der Waals surface area contributed by atoms with Gasteiger partial charge in [0, 0.05) is 5.92 Å². The lowest BCUT2D eigenvalue weighted by atomic mass is 10.1. The van der Waals surface area contributed by atoms with Crippen LogP contribution in [0.5, 0.6) is 0 Å². The van der Waals surface area contributed by atoms with Gasteiger partial charge in [0.25, 0.3) is 0 Å². The van der Waals surface area contributed by atoms with Crippen LogP contribution in [0.15, 0.2) is 0 Å². The minimum Gasteiger partial charge on any atom is -0.378 e. The van der Waals surface area contributed by atoms with E-state index in [1.807, 2.05) is 0 Å². The van der Waals surface area contributed by atoms with E-state index in [4.69, 9.17) is 11.5 Å². The molecule has 7 nitrogen and oxygen atoms in total. The first-order valence-electron chi connectivity index (χ1n) is 5.17. The van der Waals surface area contributed by atoms with Crippen molar-refractivity contribution < 1.29 is 4.92 Å². The zero-order valence-corrected chi connectivity index (χ0v) is 8.72. The van der Waals surface area contributed by atoms with E-state index in [0.29, 0.717) is 5.82 Å². The van der Waals surface area contributed by atoms with Crippen LogP contribution in [0.25, 0.3) is 0 Å². The van der Waals surface area contributed by atoms with Crippen molar-refractivity contribution in [2.45, 2.75) is 31.6 Å². The molecule has 0 saturated heterocycles. The molecule has 1 heterocycles. The topological polar surface area (TPSA) is 121 Å². The molecule has 1 aromatic rings. The van der Waals surface area contributed by atoms with E-state index in [1.54, 1.807) is 0 Å². The van der Waals surface area contributed by atoms with Crippen molar-refractivity contribution in [3.05, 3.63) is 15.9 Å². The molecule has 1 aliphatic rings. The van der Waals surface area contributed by atoms with Gasteiger partial charge in [-0.2, -0.15) is 0 Å². The summed E-state index contributed by atoms with van der Waals surface area (Å²) < 4.78 is 0. The van der Waals surface area contributed by atoms with Gasteiger partial charge in [-0.25, -0.2) is 9.97 Å². The van der Waals surface area contributed by atoms with Crippen molar-refractivity contribution in [2.24, 2.45) is 0 Å². The molecule has 4 N–H and O–H groups in total. The molecule has 86 valence electrons. The van der Waals surface area contributed by atoms with Crippen LogP contribution in [0.2, 0.25) is 0 Å². The molecule has 0 spiro atoms. The summed E-state index contributed by atoms with van der Waals surface area (Å²) >= 11 is 0. The quantitative estimate of drug-likeness (QED) is 0.574. The fourth-order valence-electron chi connectivity index (χ4n) is 2.06. The van der Waals surface area contributed by atoms with Crippen LogP contribution in [-0.4, -0.2) is 14.9 Å². The highest BCUT2D eigenvalue weighted by molar-refractivity contribution is 5.65. The highest BCUT2D eigenvalue weighted by atomic mass is 16.6. The number of nitrogens with two attached hydrogens (primary N) is 2. The van der Waals surface area contributed by atoms with Gasteiger partial charge in [0.15, 0.2) is 0 Å². The minimum atomic E-state index is -0.650. The first kappa shape index (κ1) is 10.6. The fraction of sp³-hybridized carbons (Fsp3) is 0.556. The molecule has 0 amide bonds. The molecule has 1 fully saturated rings. The fourth-order valence-corrected chi connectivity index (χ4v) is 2.06. The maximum absolute atomic E-state index is 10.6. The maximum Gasteiger partial charge on any atom is 0.352 e. The number of hydrogen-bond donors (Lipinski definition) is 2. The highest BCUT2D eigenvalue weighted by Gasteiger charge is 2.25. The van der Waals surface area contributed by atoms with Gasteiger partial charge in [0.05, 0.1) is 4.92 Å². The largest absolute Gasteiger partial charge is 0.378 e. The zero-order valence-electron chi connectivity index (χ0n) is 8.72. The van der Waals surface area contributed by atoms with E-state index in [1.165, 1.54) is 0 Å². The SMILES string of the molecule is Nc1nc(C2CCCC2)nc(N)c1[N+](=O)[O-]. The summed E-state index contributed by atoms with van der Waals surface area (Å²) in [6, 6.07) is 0. The highest BCUT2D eigenvalue weighted by Crippen LogP contribution is 2.35. The Morgan fingerprint density at radius 1 is 1.19 bits per heavy atom. The Bertz CT molecular complexity index is 405. The van der Waals surface area contributed by atoms with Gasteiger partial charge in [0.1, 0.15) is 5.82 Å². The average Bonchev–Trinajstić information content (AvgIpc) is 2.67. The average molecular weight is 223 g/mol. The lowest BCUT2D eigenvalue weighted by molar-refractivity contribution is -0.383. The van der Waals surface area contributed by atoms with Gasteiger partial charge in [0.2, 0.25) is 11.6 Å². The molecule has 1 aromatic heterocycles. The smallest absolute Gasteiger partial charge is 0.352 e. The van der Waals surface area contributed by atoms with Crippen LogP contribution >= 0.6 is 0 Å². The van der Waals surface area contributed by atoms with Gasteiger partial charge in [-0.1, -0.05) is 12.8 Å². The minimum absolute atomic E-state index is 0.139. The molecule has 0 aromatic carbocycles. The Morgan fingerprint density at radius 3 is 2.12 bits per heavy atom. The Labute approximate surface area is 92.0 Å². The van der Waals surface area contributed by atoms with E-state index in [0.717, 1.165) is 25.7 Å². The molecular formula is C9H13N5O2. The van der Waals surface area contributed by atoms with Gasteiger partial charge in [-0.15, -0.1) is 0 Å². The summed E-state index contributed by atoms with van der Waals surface area (Å²) in [5.41, 5.74) is 10.6. The summed E-state index contributed by atoms with van der Waals surface area (Å²) in [7, 11) is 0. The first-order valence-corrected chi connectivity index (χ1v) is 5.17. The Hall–Kier alpha value is -1.92. The summed E-state index contributed by atoms with van der Waals surface area (Å²) in [5, 5.41) is 10.6. The van der Waals surface area contributed by atoms with E-state index in [9.17, 15) is 10.1 Å². The molecular weight excluding hydrogens is 210 g/mol. The number of aromatic nitrogens is 2. The van der Waals surface area contributed by atoms with E-state index < -0.39 is 4.92 Å². The summed E-state index contributed by atoms with van der Waals surface area (Å²) in [5.74, 6) is 0.502. The van der Waals surface area contributed by atoms with Crippen LogP contribution in [0.1, 0.15) is 37.4 Å². The lowest BCUT2D eigenvalue weighted by Gasteiger charge is -2.08. The molecule has 0 radical (unpaired) electrons. The van der Waals surface area contributed by atoms with Crippen molar-refractivity contribution in [1.82, 2.24) is 9.97 Å². The standard InChI is InChI=1S/C9H13N5O2/c10-7-6(14(15)16)8(11)13-9(12-7)5-3-1-2-4-5/h5H,1-4H2,(H4,10,11,12,13). The molecule has 1 saturated carbocycles. The third kappa shape index (κ3) is 1.75. The van der Waals surface area contributed by atoms with Crippen molar-refractivity contribution in [2.75, 3.05) is 11.5 Å². The van der Waals surface area contributed by atoms with Crippen molar-refractivity contribution >= 4 is 17.3 Å². The second-order valence-electron chi connectivity index (χ2n) is 3.94. The van der Waals surface area contributed by atoms with Crippen molar-refractivity contribution in [1.29, 1.82) is 0 Å². The van der Waals surface area contributed by atoms with Crippen LogP contribution in [0.4, 0.5) is 17.3 Å². The molecule has 0 atom stereocenters. The predicted molar refractivity (Wildman–Crippen MR) is 58.7 cm³/mol. The zero-order chi connectivity index (χ0) is 11.7. The second-order valence-corrected chi connectivity index (χ2v) is 3.94.